The molecule has 0 saturated heterocycles. The molecule has 1 saturated carbocycles. The molecule has 6 nitrogen and oxygen atoms in total. The molecule has 1 aromatic carbocycles. The van der Waals surface area contributed by atoms with E-state index in [-0.39, 0.29) is 17.8 Å². The van der Waals surface area contributed by atoms with E-state index in [0.717, 1.165) is 19.5 Å². The van der Waals surface area contributed by atoms with Crippen LogP contribution in [0.1, 0.15) is 41.6 Å². The summed E-state index contributed by atoms with van der Waals surface area (Å²) in [4.78, 5) is 14.3. The summed E-state index contributed by atoms with van der Waals surface area (Å²) >= 11 is 0. The number of rotatable bonds is 9. The first kappa shape index (κ1) is 20.7. The van der Waals surface area contributed by atoms with Crippen LogP contribution in [0.5, 0.6) is 0 Å². The molecule has 0 aromatic heterocycles. The second kappa shape index (κ2) is 9.06. The van der Waals surface area contributed by atoms with Gasteiger partial charge in [-0.3, -0.25) is 10.2 Å². The largest absolute Gasteiger partial charge is 0.494 e. The van der Waals surface area contributed by atoms with E-state index in [0.29, 0.717) is 17.5 Å². The molecule has 1 atom stereocenters. The van der Waals surface area contributed by atoms with Gasteiger partial charge in [-0.05, 0) is 68.0 Å². The summed E-state index contributed by atoms with van der Waals surface area (Å²) in [5.74, 6) is 0.0732. The standard InChI is InChI=1S/C24H32N4O2/c1-28(16-21-15-22(29)27-26-21)23(30)19-9-7-18(8-10-19)11-14-25-17-24(12-13-24)20-5-3-2-4-6-20/h3,5-10,15,21,25-27,29H,2,4,11-14,16-17H2,1H3. The Morgan fingerprint density at radius 1 is 1.27 bits per heavy atom. The Balaban J connectivity index is 1.21. The first-order valence-electron chi connectivity index (χ1n) is 10.9. The molecule has 1 heterocycles. The monoisotopic (exact) mass is 408 g/mol. The quantitative estimate of drug-likeness (QED) is 0.473. The summed E-state index contributed by atoms with van der Waals surface area (Å²) in [7, 11) is 1.77. The summed E-state index contributed by atoms with van der Waals surface area (Å²) in [6.45, 7) is 2.48. The van der Waals surface area contributed by atoms with Crippen LogP contribution in [0.2, 0.25) is 0 Å². The average Bonchev–Trinajstić information content (AvgIpc) is 3.46. The number of carbonyl (C=O) groups is 1. The van der Waals surface area contributed by atoms with Gasteiger partial charge >= 0.3 is 0 Å². The van der Waals surface area contributed by atoms with Crippen LogP contribution in [0.15, 0.2) is 60.0 Å². The molecule has 1 amide bonds. The molecule has 6 heteroatoms. The zero-order valence-corrected chi connectivity index (χ0v) is 17.7. The summed E-state index contributed by atoms with van der Waals surface area (Å²) in [5.41, 5.74) is 9.38. The maximum atomic E-state index is 12.6. The zero-order valence-electron chi connectivity index (χ0n) is 17.7. The van der Waals surface area contributed by atoms with Crippen molar-refractivity contribution in [2.45, 2.75) is 38.1 Å². The minimum Gasteiger partial charge on any atom is -0.494 e. The summed E-state index contributed by atoms with van der Waals surface area (Å²) in [5, 5.41) is 13.0. The minimum atomic E-state index is -0.0982. The first-order chi connectivity index (χ1) is 14.6. The Kier molecular flexibility index (Phi) is 6.25. The fourth-order valence-corrected chi connectivity index (χ4v) is 4.24. The molecule has 1 aromatic rings. The second-order valence-electron chi connectivity index (χ2n) is 8.66. The molecular formula is C24H32N4O2. The van der Waals surface area contributed by atoms with Crippen LogP contribution in [0.3, 0.4) is 0 Å². The van der Waals surface area contributed by atoms with Gasteiger partial charge in [-0.25, -0.2) is 5.43 Å². The number of aliphatic hydroxyl groups is 1. The fourth-order valence-electron chi connectivity index (χ4n) is 4.24. The number of hydrogen-bond acceptors (Lipinski definition) is 5. The predicted molar refractivity (Wildman–Crippen MR) is 119 cm³/mol. The van der Waals surface area contributed by atoms with E-state index in [9.17, 15) is 9.90 Å². The fraction of sp³-hybridized carbons (Fsp3) is 0.458. The third-order valence-corrected chi connectivity index (χ3v) is 6.28. The summed E-state index contributed by atoms with van der Waals surface area (Å²) < 4.78 is 0. The molecule has 2 aliphatic carbocycles. The van der Waals surface area contributed by atoms with Crippen LogP contribution in [0.4, 0.5) is 0 Å². The van der Waals surface area contributed by atoms with Crippen molar-refractivity contribution in [2.24, 2.45) is 5.41 Å². The van der Waals surface area contributed by atoms with Crippen molar-refractivity contribution >= 4 is 5.91 Å². The van der Waals surface area contributed by atoms with Gasteiger partial charge in [0.25, 0.3) is 5.91 Å². The number of nitrogens with zero attached hydrogens (tertiary/aromatic N) is 1. The van der Waals surface area contributed by atoms with Crippen LogP contribution in [-0.4, -0.2) is 48.6 Å². The Morgan fingerprint density at radius 2 is 2.07 bits per heavy atom. The Morgan fingerprint density at radius 3 is 2.70 bits per heavy atom. The molecule has 1 unspecified atom stereocenters. The van der Waals surface area contributed by atoms with Crippen LogP contribution in [-0.2, 0) is 6.42 Å². The number of amides is 1. The minimum absolute atomic E-state index is 0.0225. The van der Waals surface area contributed by atoms with Crippen LogP contribution >= 0.6 is 0 Å². The maximum Gasteiger partial charge on any atom is 0.253 e. The normalized spacial score (nSPS) is 21.6. The van der Waals surface area contributed by atoms with Gasteiger partial charge in [0.2, 0.25) is 0 Å². The lowest BCUT2D eigenvalue weighted by Gasteiger charge is -2.20. The molecular weight excluding hydrogens is 376 g/mol. The number of benzene rings is 1. The highest BCUT2D eigenvalue weighted by atomic mass is 16.3. The van der Waals surface area contributed by atoms with Crippen LogP contribution < -0.4 is 16.2 Å². The van der Waals surface area contributed by atoms with Crippen molar-refractivity contribution in [2.75, 3.05) is 26.7 Å². The van der Waals surface area contributed by atoms with Crippen molar-refractivity contribution in [3.05, 3.63) is 71.2 Å². The molecule has 0 bridgehead atoms. The molecule has 0 radical (unpaired) electrons. The van der Waals surface area contributed by atoms with Crippen molar-refractivity contribution in [1.29, 1.82) is 0 Å². The Bertz CT molecular complexity index is 852. The smallest absolute Gasteiger partial charge is 0.253 e. The number of aliphatic hydroxyl groups excluding tert-OH is 1. The Hall–Kier alpha value is -2.57. The number of carbonyl (C=O) groups excluding carboxylic acids is 1. The molecule has 1 fully saturated rings. The predicted octanol–water partition coefficient (Wildman–Crippen LogP) is 2.82. The highest BCUT2D eigenvalue weighted by Gasteiger charge is 2.44. The van der Waals surface area contributed by atoms with Crippen molar-refractivity contribution in [3.63, 3.8) is 0 Å². The lowest BCUT2D eigenvalue weighted by Crippen LogP contribution is -2.41. The molecule has 3 aliphatic rings. The number of nitrogens with one attached hydrogen (secondary N) is 3. The molecule has 30 heavy (non-hydrogen) atoms. The third kappa shape index (κ3) is 4.94. The van der Waals surface area contributed by atoms with E-state index in [1.807, 2.05) is 24.3 Å². The summed E-state index contributed by atoms with van der Waals surface area (Å²) in [6.07, 6.45) is 14.6. The van der Waals surface area contributed by atoms with Gasteiger partial charge in [-0.15, -0.1) is 0 Å². The molecule has 4 N–H and O–H groups in total. The van der Waals surface area contributed by atoms with Gasteiger partial charge in [-0.1, -0.05) is 30.4 Å². The maximum absolute atomic E-state index is 12.6. The van der Waals surface area contributed by atoms with Gasteiger partial charge in [0.1, 0.15) is 0 Å². The van der Waals surface area contributed by atoms with E-state index in [4.69, 9.17) is 0 Å². The van der Waals surface area contributed by atoms with Crippen molar-refractivity contribution < 1.29 is 9.90 Å². The third-order valence-electron chi connectivity index (χ3n) is 6.28. The highest BCUT2D eigenvalue weighted by molar-refractivity contribution is 5.94. The van der Waals surface area contributed by atoms with Gasteiger partial charge < -0.3 is 15.3 Å². The van der Waals surface area contributed by atoms with E-state index in [2.05, 4.69) is 34.4 Å². The van der Waals surface area contributed by atoms with Crippen LogP contribution in [0.25, 0.3) is 0 Å². The highest BCUT2D eigenvalue weighted by Crippen LogP contribution is 2.52. The Labute approximate surface area is 178 Å². The molecule has 4 rings (SSSR count). The number of allylic oxidation sites excluding steroid dienone is 3. The molecule has 160 valence electrons. The second-order valence-corrected chi connectivity index (χ2v) is 8.66. The number of likely N-dealkylation sites (N-methyl/N-ethyl adjacent to an activating group) is 1. The topological polar surface area (TPSA) is 76.6 Å². The molecule has 1 aliphatic heterocycles. The van der Waals surface area contributed by atoms with E-state index in [1.54, 1.807) is 18.0 Å². The summed E-state index contributed by atoms with van der Waals surface area (Å²) in [6, 6.07) is 7.80. The van der Waals surface area contributed by atoms with Gasteiger partial charge in [0.15, 0.2) is 5.88 Å². The van der Waals surface area contributed by atoms with E-state index in [1.165, 1.54) is 36.8 Å². The number of hydrogen-bond donors (Lipinski definition) is 4. The van der Waals surface area contributed by atoms with Gasteiger partial charge in [-0.2, -0.15) is 0 Å². The number of hydrazine groups is 1. The van der Waals surface area contributed by atoms with Crippen molar-refractivity contribution in [3.8, 4) is 0 Å². The van der Waals surface area contributed by atoms with Gasteiger partial charge in [0.05, 0.1) is 6.04 Å². The van der Waals surface area contributed by atoms with Crippen LogP contribution in [0, 0.1) is 5.41 Å². The lowest BCUT2D eigenvalue weighted by atomic mass is 9.91. The van der Waals surface area contributed by atoms with Crippen molar-refractivity contribution in [1.82, 2.24) is 21.1 Å². The molecule has 0 spiro atoms. The average molecular weight is 409 g/mol. The van der Waals surface area contributed by atoms with E-state index < -0.39 is 0 Å². The lowest BCUT2D eigenvalue weighted by molar-refractivity contribution is 0.0787. The zero-order chi connectivity index (χ0) is 21.0. The van der Waals surface area contributed by atoms with E-state index >= 15 is 0 Å². The first-order valence-corrected chi connectivity index (χ1v) is 10.9. The SMILES string of the molecule is CN(CC1C=C(O)NN1)C(=O)c1ccc(CCNCC2(C3=CCCC=C3)CC2)cc1. The van der Waals surface area contributed by atoms with Gasteiger partial charge in [0, 0.05) is 31.1 Å².